The quantitative estimate of drug-likeness (QED) is 0.643. The molecule has 0 aromatic carbocycles. The summed E-state index contributed by atoms with van der Waals surface area (Å²) in [5.74, 6) is -0.183. The molecule has 0 heterocycles. The third-order valence-corrected chi connectivity index (χ3v) is 2.49. The third-order valence-electron chi connectivity index (χ3n) is 2.49. The summed E-state index contributed by atoms with van der Waals surface area (Å²) in [5, 5.41) is 2.56. The number of rotatable bonds is 7. The minimum Gasteiger partial charge on any atom is -0.466 e. The summed E-state index contributed by atoms with van der Waals surface area (Å²) in [6.07, 6.45) is 0.804. The molecule has 0 fully saturated rings. The fraction of sp³-hybridized carbons (Fsp3) is 0.818. The lowest BCUT2D eigenvalue weighted by molar-refractivity contribution is -0.144. The lowest BCUT2D eigenvalue weighted by Crippen LogP contribution is -2.34. The molecule has 0 rings (SSSR count). The van der Waals surface area contributed by atoms with Gasteiger partial charge in [-0.1, -0.05) is 0 Å². The van der Waals surface area contributed by atoms with E-state index in [0.717, 1.165) is 0 Å². The molecule has 5 heteroatoms. The standard InChI is InChI=1S/C11H22N2O3/c1-5-16-11(15)8-9(2)13(4)7-6-10(14)12-3/h9H,5-8H2,1-4H3,(H,12,14). The number of ether oxygens (including phenoxy) is 1. The van der Waals surface area contributed by atoms with Crippen LogP contribution in [0.3, 0.4) is 0 Å². The molecule has 0 spiro atoms. The van der Waals surface area contributed by atoms with Crippen molar-refractivity contribution in [3.05, 3.63) is 0 Å². The summed E-state index contributed by atoms with van der Waals surface area (Å²) < 4.78 is 4.86. The molecule has 94 valence electrons. The van der Waals surface area contributed by atoms with Crippen molar-refractivity contribution in [3.63, 3.8) is 0 Å². The van der Waals surface area contributed by atoms with Crippen LogP contribution in [0.15, 0.2) is 0 Å². The fourth-order valence-corrected chi connectivity index (χ4v) is 1.24. The van der Waals surface area contributed by atoms with E-state index in [4.69, 9.17) is 4.74 Å². The maximum absolute atomic E-state index is 11.2. The number of hydrogen-bond acceptors (Lipinski definition) is 4. The number of nitrogens with zero attached hydrogens (tertiary/aromatic N) is 1. The first-order chi connectivity index (χ1) is 7.51. The molecule has 0 aliphatic carbocycles. The first kappa shape index (κ1) is 14.9. The van der Waals surface area contributed by atoms with Crippen LogP contribution in [0, 0.1) is 0 Å². The summed E-state index contributed by atoms with van der Waals surface area (Å²) in [5.41, 5.74) is 0. The van der Waals surface area contributed by atoms with Crippen LogP contribution in [0.2, 0.25) is 0 Å². The molecule has 1 amide bonds. The number of carbonyl (C=O) groups excluding carboxylic acids is 2. The zero-order valence-electron chi connectivity index (χ0n) is 10.6. The molecular formula is C11H22N2O3. The van der Waals surface area contributed by atoms with E-state index in [-0.39, 0.29) is 17.9 Å². The van der Waals surface area contributed by atoms with Crippen molar-refractivity contribution < 1.29 is 14.3 Å². The minimum atomic E-state index is -0.193. The van der Waals surface area contributed by atoms with Gasteiger partial charge in [-0.3, -0.25) is 9.59 Å². The normalized spacial score (nSPS) is 12.3. The molecule has 0 aromatic heterocycles. The monoisotopic (exact) mass is 230 g/mol. The van der Waals surface area contributed by atoms with Crippen molar-refractivity contribution >= 4 is 11.9 Å². The molecule has 1 unspecified atom stereocenters. The van der Waals surface area contributed by atoms with E-state index in [1.54, 1.807) is 14.0 Å². The molecular weight excluding hydrogens is 208 g/mol. The van der Waals surface area contributed by atoms with Gasteiger partial charge in [-0.15, -0.1) is 0 Å². The van der Waals surface area contributed by atoms with Gasteiger partial charge in [0, 0.05) is 26.1 Å². The second-order valence-electron chi connectivity index (χ2n) is 3.76. The second kappa shape index (κ2) is 8.10. The summed E-state index contributed by atoms with van der Waals surface area (Å²) in [4.78, 5) is 24.2. The van der Waals surface area contributed by atoms with Gasteiger partial charge in [0.1, 0.15) is 0 Å². The summed E-state index contributed by atoms with van der Waals surface area (Å²) in [6.45, 7) is 4.78. The van der Waals surface area contributed by atoms with E-state index in [1.807, 2.05) is 18.9 Å². The van der Waals surface area contributed by atoms with E-state index in [9.17, 15) is 9.59 Å². The number of nitrogens with one attached hydrogen (secondary N) is 1. The van der Waals surface area contributed by atoms with Gasteiger partial charge in [0.25, 0.3) is 0 Å². The largest absolute Gasteiger partial charge is 0.466 e. The summed E-state index contributed by atoms with van der Waals surface area (Å²) in [6, 6.07) is 0.0868. The van der Waals surface area contributed by atoms with Crippen LogP contribution < -0.4 is 5.32 Å². The number of carbonyl (C=O) groups is 2. The molecule has 5 nitrogen and oxygen atoms in total. The molecule has 0 radical (unpaired) electrons. The van der Waals surface area contributed by atoms with Gasteiger partial charge in [0.05, 0.1) is 13.0 Å². The van der Waals surface area contributed by atoms with Gasteiger partial charge in [-0.2, -0.15) is 0 Å². The van der Waals surface area contributed by atoms with Crippen LogP contribution in [0.4, 0.5) is 0 Å². The number of esters is 1. The van der Waals surface area contributed by atoms with Crippen LogP contribution in [0.1, 0.15) is 26.7 Å². The molecule has 0 aliphatic heterocycles. The molecule has 1 atom stereocenters. The second-order valence-corrected chi connectivity index (χ2v) is 3.76. The molecule has 1 N–H and O–H groups in total. The SMILES string of the molecule is CCOC(=O)CC(C)N(C)CCC(=O)NC. The first-order valence-corrected chi connectivity index (χ1v) is 5.57. The lowest BCUT2D eigenvalue weighted by atomic mass is 10.2. The molecule has 0 aliphatic rings. The number of amides is 1. The zero-order chi connectivity index (χ0) is 12.6. The van der Waals surface area contributed by atoms with Crippen LogP contribution in [0.5, 0.6) is 0 Å². The first-order valence-electron chi connectivity index (χ1n) is 5.57. The van der Waals surface area contributed by atoms with E-state index in [2.05, 4.69) is 5.32 Å². The van der Waals surface area contributed by atoms with E-state index in [0.29, 0.717) is 26.0 Å². The Balaban J connectivity index is 3.84. The predicted molar refractivity (Wildman–Crippen MR) is 62.0 cm³/mol. The molecule has 0 saturated heterocycles. The van der Waals surface area contributed by atoms with Gasteiger partial charge in [-0.05, 0) is 20.9 Å². The molecule has 0 saturated carbocycles. The van der Waals surface area contributed by atoms with E-state index < -0.39 is 0 Å². The Kier molecular flexibility index (Phi) is 7.54. The molecule has 0 bridgehead atoms. The topological polar surface area (TPSA) is 58.6 Å². The van der Waals surface area contributed by atoms with Crippen molar-refractivity contribution in [2.24, 2.45) is 0 Å². The maximum atomic E-state index is 11.2. The zero-order valence-corrected chi connectivity index (χ0v) is 10.6. The van der Waals surface area contributed by atoms with E-state index in [1.165, 1.54) is 0 Å². The highest BCUT2D eigenvalue weighted by Crippen LogP contribution is 2.03. The fourth-order valence-electron chi connectivity index (χ4n) is 1.24. The Morgan fingerprint density at radius 1 is 1.44 bits per heavy atom. The Morgan fingerprint density at radius 2 is 2.06 bits per heavy atom. The van der Waals surface area contributed by atoms with E-state index >= 15 is 0 Å². The Morgan fingerprint density at radius 3 is 2.56 bits per heavy atom. The van der Waals surface area contributed by atoms with Crippen molar-refractivity contribution in [1.82, 2.24) is 10.2 Å². The maximum Gasteiger partial charge on any atom is 0.307 e. The van der Waals surface area contributed by atoms with Crippen molar-refractivity contribution in [3.8, 4) is 0 Å². The van der Waals surface area contributed by atoms with Crippen LogP contribution >= 0.6 is 0 Å². The highest BCUT2D eigenvalue weighted by Gasteiger charge is 2.14. The van der Waals surface area contributed by atoms with Gasteiger partial charge < -0.3 is 15.0 Å². The van der Waals surface area contributed by atoms with Gasteiger partial charge in [0.2, 0.25) is 5.91 Å². The van der Waals surface area contributed by atoms with Crippen LogP contribution in [0.25, 0.3) is 0 Å². The Hall–Kier alpha value is -1.10. The molecule has 0 aromatic rings. The van der Waals surface area contributed by atoms with Crippen LogP contribution in [-0.2, 0) is 14.3 Å². The smallest absolute Gasteiger partial charge is 0.307 e. The van der Waals surface area contributed by atoms with Gasteiger partial charge in [-0.25, -0.2) is 0 Å². The highest BCUT2D eigenvalue weighted by molar-refractivity contribution is 5.75. The predicted octanol–water partition coefficient (Wildman–Crippen LogP) is 0.396. The van der Waals surface area contributed by atoms with Gasteiger partial charge in [0.15, 0.2) is 0 Å². The summed E-state index contributed by atoms with van der Waals surface area (Å²) in [7, 11) is 3.51. The average molecular weight is 230 g/mol. The Labute approximate surface area is 97.1 Å². The minimum absolute atomic E-state index is 0.00943. The Bertz CT molecular complexity index is 231. The van der Waals surface area contributed by atoms with Crippen LogP contribution in [-0.4, -0.2) is 50.1 Å². The third kappa shape index (κ3) is 6.40. The average Bonchev–Trinajstić information content (AvgIpc) is 2.25. The van der Waals surface area contributed by atoms with Crippen molar-refractivity contribution in [1.29, 1.82) is 0 Å². The van der Waals surface area contributed by atoms with Crippen molar-refractivity contribution in [2.45, 2.75) is 32.7 Å². The van der Waals surface area contributed by atoms with Gasteiger partial charge >= 0.3 is 5.97 Å². The highest BCUT2D eigenvalue weighted by atomic mass is 16.5. The number of hydrogen-bond donors (Lipinski definition) is 1. The summed E-state index contributed by atoms with van der Waals surface area (Å²) >= 11 is 0. The lowest BCUT2D eigenvalue weighted by Gasteiger charge is -2.23. The molecule has 16 heavy (non-hydrogen) atoms. The van der Waals surface area contributed by atoms with Crippen molar-refractivity contribution in [2.75, 3.05) is 27.2 Å².